The Morgan fingerprint density at radius 3 is 2.68 bits per heavy atom. The van der Waals surface area contributed by atoms with Crippen LogP contribution in [0.5, 0.6) is 0 Å². The molecule has 1 rings (SSSR count). The fourth-order valence-corrected chi connectivity index (χ4v) is 2.11. The highest BCUT2D eigenvalue weighted by molar-refractivity contribution is 5.84. The van der Waals surface area contributed by atoms with E-state index in [4.69, 9.17) is 0 Å². The van der Waals surface area contributed by atoms with E-state index in [0.717, 1.165) is 19.3 Å². The predicted octanol–water partition coefficient (Wildman–Crippen LogP) is 1.90. The van der Waals surface area contributed by atoms with Crippen molar-refractivity contribution < 1.29 is 22.7 Å². The molecule has 1 heterocycles. The van der Waals surface area contributed by atoms with Crippen molar-refractivity contribution in [2.45, 2.75) is 51.5 Å². The van der Waals surface area contributed by atoms with Crippen LogP contribution in [0.25, 0.3) is 0 Å². The van der Waals surface area contributed by atoms with Gasteiger partial charge in [-0.15, -0.1) is 0 Å². The summed E-state index contributed by atoms with van der Waals surface area (Å²) in [7, 11) is 0. The number of nitrogens with zero attached hydrogens (tertiary/aromatic N) is 1. The molecule has 0 spiro atoms. The molecule has 1 aliphatic heterocycles. The van der Waals surface area contributed by atoms with Gasteiger partial charge in [0, 0.05) is 6.54 Å². The number of rotatable bonds is 7. The van der Waals surface area contributed by atoms with Crippen LogP contribution in [0.3, 0.4) is 0 Å². The summed E-state index contributed by atoms with van der Waals surface area (Å²) in [5, 5.41) is 3.14. The van der Waals surface area contributed by atoms with Gasteiger partial charge in [0.15, 0.2) is 0 Å². The largest absolute Gasteiger partial charge is 0.411 e. The standard InChI is InChI=1S/C12H21F3N2O2/c1-3-4-5-10-11(18)17(9(2)16-10)6-7-19-8-12(13,14)15/h9-10,16H,3-8H2,1-2H3. The highest BCUT2D eigenvalue weighted by Gasteiger charge is 2.35. The lowest BCUT2D eigenvalue weighted by molar-refractivity contribution is -0.174. The van der Waals surface area contributed by atoms with E-state index in [9.17, 15) is 18.0 Å². The molecule has 0 aromatic heterocycles. The summed E-state index contributed by atoms with van der Waals surface area (Å²) in [4.78, 5) is 13.5. The average molecular weight is 282 g/mol. The minimum absolute atomic E-state index is 0.0449. The summed E-state index contributed by atoms with van der Waals surface area (Å²) in [6.07, 6.45) is -1.74. The number of unbranched alkanes of at least 4 members (excludes halogenated alkanes) is 1. The molecule has 1 N–H and O–H groups in total. The molecule has 0 aliphatic carbocycles. The average Bonchev–Trinajstić information content (AvgIpc) is 2.57. The van der Waals surface area contributed by atoms with Crippen LogP contribution in [-0.2, 0) is 9.53 Å². The first-order valence-corrected chi connectivity index (χ1v) is 6.56. The van der Waals surface area contributed by atoms with Gasteiger partial charge in [0.05, 0.1) is 18.8 Å². The van der Waals surface area contributed by atoms with E-state index in [1.807, 2.05) is 13.8 Å². The molecular weight excluding hydrogens is 261 g/mol. The van der Waals surface area contributed by atoms with Crippen molar-refractivity contribution in [3.8, 4) is 0 Å². The van der Waals surface area contributed by atoms with Gasteiger partial charge in [0.2, 0.25) is 5.91 Å². The van der Waals surface area contributed by atoms with Crippen LogP contribution in [0.2, 0.25) is 0 Å². The minimum atomic E-state index is -4.32. The first kappa shape index (κ1) is 16.2. The van der Waals surface area contributed by atoms with Crippen molar-refractivity contribution in [2.75, 3.05) is 19.8 Å². The lowest BCUT2D eigenvalue weighted by Crippen LogP contribution is -2.37. The van der Waals surface area contributed by atoms with Crippen LogP contribution in [0.15, 0.2) is 0 Å². The van der Waals surface area contributed by atoms with Crippen molar-refractivity contribution in [3.63, 3.8) is 0 Å². The topological polar surface area (TPSA) is 41.6 Å². The Balaban J connectivity index is 2.31. The van der Waals surface area contributed by atoms with Crippen LogP contribution in [0.4, 0.5) is 13.2 Å². The van der Waals surface area contributed by atoms with Crippen LogP contribution in [0, 0.1) is 0 Å². The first-order chi connectivity index (χ1) is 8.85. The zero-order valence-corrected chi connectivity index (χ0v) is 11.3. The van der Waals surface area contributed by atoms with Crippen molar-refractivity contribution in [2.24, 2.45) is 0 Å². The lowest BCUT2D eigenvalue weighted by Gasteiger charge is -2.20. The number of carbonyl (C=O) groups excluding carboxylic acids is 1. The highest BCUT2D eigenvalue weighted by Crippen LogP contribution is 2.16. The van der Waals surface area contributed by atoms with Gasteiger partial charge in [0.1, 0.15) is 6.61 Å². The molecule has 4 nitrogen and oxygen atoms in total. The summed E-state index contributed by atoms with van der Waals surface area (Å²) in [5.41, 5.74) is 0. The van der Waals surface area contributed by atoms with Gasteiger partial charge in [-0.3, -0.25) is 10.1 Å². The Labute approximate surface area is 111 Å². The summed E-state index contributed by atoms with van der Waals surface area (Å²) in [6, 6.07) is -0.211. The maximum atomic E-state index is 12.0. The summed E-state index contributed by atoms with van der Waals surface area (Å²) in [5.74, 6) is -0.0449. The number of ether oxygens (including phenoxy) is 1. The third-order valence-corrected chi connectivity index (χ3v) is 3.08. The van der Waals surface area contributed by atoms with Gasteiger partial charge in [0.25, 0.3) is 0 Å². The van der Waals surface area contributed by atoms with Crippen molar-refractivity contribution in [1.82, 2.24) is 10.2 Å². The molecule has 0 radical (unpaired) electrons. The zero-order valence-electron chi connectivity index (χ0n) is 11.3. The Morgan fingerprint density at radius 2 is 2.11 bits per heavy atom. The first-order valence-electron chi connectivity index (χ1n) is 6.56. The fourth-order valence-electron chi connectivity index (χ4n) is 2.11. The molecule has 7 heteroatoms. The van der Waals surface area contributed by atoms with E-state index in [2.05, 4.69) is 10.1 Å². The van der Waals surface area contributed by atoms with Crippen molar-refractivity contribution >= 4 is 5.91 Å². The Hall–Kier alpha value is -0.820. The van der Waals surface area contributed by atoms with Gasteiger partial charge < -0.3 is 9.64 Å². The maximum Gasteiger partial charge on any atom is 0.411 e. The second kappa shape index (κ2) is 7.09. The van der Waals surface area contributed by atoms with Gasteiger partial charge in [-0.1, -0.05) is 19.8 Å². The summed E-state index contributed by atoms with van der Waals surface area (Å²) >= 11 is 0. The molecule has 2 unspecified atom stereocenters. The van der Waals surface area contributed by atoms with E-state index in [1.165, 1.54) is 4.90 Å². The molecule has 1 fully saturated rings. The Kier molecular flexibility index (Phi) is 6.06. The SMILES string of the molecule is CCCCC1NC(C)N(CCOCC(F)(F)F)C1=O. The minimum Gasteiger partial charge on any atom is -0.370 e. The van der Waals surface area contributed by atoms with E-state index >= 15 is 0 Å². The lowest BCUT2D eigenvalue weighted by atomic mass is 10.1. The summed E-state index contributed by atoms with van der Waals surface area (Å²) < 4.78 is 40.2. The molecule has 0 aromatic rings. The predicted molar refractivity (Wildman–Crippen MR) is 64.5 cm³/mol. The van der Waals surface area contributed by atoms with Gasteiger partial charge in [-0.25, -0.2) is 0 Å². The quantitative estimate of drug-likeness (QED) is 0.725. The van der Waals surface area contributed by atoms with Crippen LogP contribution in [0.1, 0.15) is 33.1 Å². The zero-order chi connectivity index (χ0) is 14.5. The van der Waals surface area contributed by atoms with Crippen LogP contribution in [-0.4, -0.2) is 48.9 Å². The highest BCUT2D eigenvalue weighted by atomic mass is 19.4. The smallest absolute Gasteiger partial charge is 0.370 e. The molecule has 0 bridgehead atoms. The van der Waals surface area contributed by atoms with E-state index < -0.39 is 12.8 Å². The van der Waals surface area contributed by atoms with E-state index in [1.54, 1.807) is 0 Å². The molecule has 0 aromatic carbocycles. The van der Waals surface area contributed by atoms with Gasteiger partial charge >= 0.3 is 6.18 Å². The number of amides is 1. The number of carbonyl (C=O) groups is 1. The second-order valence-corrected chi connectivity index (χ2v) is 4.74. The molecule has 0 saturated carbocycles. The number of hydrogen-bond donors (Lipinski definition) is 1. The molecule has 1 amide bonds. The van der Waals surface area contributed by atoms with Crippen LogP contribution < -0.4 is 5.32 Å². The number of nitrogens with one attached hydrogen (secondary N) is 1. The van der Waals surface area contributed by atoms with Gasteiger partial charge in [-0.2, -0.15) is 13.2 Å². The molecular formula is C12H21F3N2O2. The van der Waals surface area contributed by atoms with Crippen LogP contribution >= 0.6 is 0 Å². The molecule has 2 atom stereocenters. The van der Waals surface area contributed by atoms with E-state index in [0.29, 0.717) is 0 Å². The van der Waals surface area contributed by atoms with Gasteiger partial charge in [-0.05, 0) is 13.3 Å². The Bertz CT molecular complexity index is 297. The third-order valence-electron chi connectivity index (χ3n) is 3.08. The number of alkyl halides is 3. The summed E-state index contributed by atoms with van der Waals surface area (Å²) in [6.45, 7) is 2.69. The molecule has 1 saturated heterocycles. The number of hydrogen-bond acceptors (Lipinski definition) is 3. The van der Waals surface area contributed by atoms with Crippen molar-refractivity contribution in [3.05, 3.63) is 0 Å². The van der Waals surface area contributed by atoms with Crippen molar-refractivity contribution in [1.29, 1.82) is 0 Å². The normalized spacial score (nSPS) is 24.3. The number of halogens is 3. The Morgan fingerprint density at radius 1 is 1.42 bits per heavy atom. The fraction of sp³-hybridized carbons (Fsp3) is 0.917. The molecule has 19 heavy (non-hydrogen) atoms. The monoisotopic (exact) mass is 282 g/mol. The second-order valence-electron chi connectivity index (χ2n) is 4.74. The third kappa shape index (κ3) is 5.36. The molecule has 112 valence electrons. The maximum absolute atomic E-state index is 12.0. The molecule has 1 aliphatic rings. The van der Waals surface area contributed by atoms with E-state index in [-0.39, 0.29) is 31.3 Å².